The molecule has 0 unspecified atom stereocenters. The minimum absolute atomic E-state index is 0.116. The van der Waals surface area contributed by atoms with Gasteiger partial charge in [0.1, 0.15) is 0 Å². The van der Waals surface area contributed by atoms with Crippen molar-refractivity contribution in [3.8, 4) is 0 Å². The van der Waals surface area contributed by atoms with Crippen molar-refractivity contribution in [2.75, 3.05) is 33.2 Å². The van der Waals surface area contributed by atoms with Crippen LogP contribution >= 0.6 is 0 Å². The molecule has 2 fully saturated rings. The van der Waals surface area contributed by atoms with Gasteiger partial charge in [-0.05, 0) is 37.6 Å². The van der Waals surface area contributed by atoms with Gasteiger partial charge in [-0.15, -0.1) is 0 Å². The van der Waals surface area contributed by atoms with E-state index < -0.39 is 0 Å². The van der Waals surface area contributed by atoms with E-state index in [9.17, 15) is 4.79 Å². The summed E-state index contributed by atoms with van der Waals surface area (Å²) in [5, 5.41) is 0. The van der Waals surface area contributed by atoms with Gasteiger partial charge < -0.3 is 15.5 Å². The van der Waals surface area contributed by atoms with Crippen molar-refractivity contribution in [1.29, 1.82) is 0 Å². The highest BCUT2D eigenvalue weighted by atomic mass is 16.2. The van der Waals surface area contributed by atoms with E-state index in [0.29, 0.717) is 0 Å². The summed E-state index contributed by atoms with van der Waals surface area (Å²) in [5.41, 5.74) is 7.97. The van der Waals surface area contributed by atoms with Gasteiger partial charge >= 0.3 is 0 Å². The van der Waals surface area contributed by atoms with Gasteiger partial charge in [-0.3, -0.25) is 4.79 Å². The maximum Gasteiger partial charge on any atom is 0.253 e. The SMILES string of the molecule is CN1CCN(C(=O)c2ccc(C3(N)CC3)cc2)CC1. The normalized spacial score (nSPS) is 22.3. The quantitative estimate of drug-likeness (QED) is 0.863. The van der Waals surface area contributed by atoms with Crippen LogP contribution in [-0.2, 0) is 5.54 Å². The number of piperazine rings is 1. The van der Waals surface area contributed by atoms with E-state index >= 15 is 0 Å². The highest BCUT2D eigenvalue weighted by molar-refractivity contribution is 5.94. The summed E-state index contributed by atoms with van der Waals surface area (Å²) in [7, 11) is 2.09. The Balaban J connectivity index is 1.70. The third kappa shape index (κ3) is 2.51. The van der Waals surface area contributed by atoms with Crippen LogP contribution in [-0.4, -0.2) is 48.9 Å². The first kappa shape index (κ1) is 12.6. The molecule has 2 N–H and O–H groups in total. The summed E-state index contributed by atoms with van der Waals surface area (Å²) in [6, 6.07) is 7.86. The number of nitrogens with zero attached hydrogens (tertiary/aromatic N) is 2. The summed E-state index contributed by atoms with van der Waals surface area (Å²) in [5.74, 6) is 0.140. The zero-order valence-electron chi connectivity index (χ0n) is 11.4. The number of hydrogen-bond donors (Lipinski definition) is 1. The van der Waals surface area contributed by atoms with Crippen LogP contribution in [0, 0.1) is 0 Å². The predicted octanol–water partition coefficient (Wildman–Crippen LogP) is 1.02. The molecule has 3 rings (SSSR count). The monoisotopic (exact) mass is 259 g/mol. The van der Waals surface area contributed by atoms with Gasteiger partial charge in [-0.2, -0.15) is 0 Å². The maximum absolute atomic E-state index is 12.4. The average molecular weight is 259 g/mol. The number of benzene rings is 1. The van der Waals surface area contributed by atoms with Gasteiger partial charge in [0, 0.05) is 37.3 Å². The molecular formula is C15H21N3O. The smallest absolute Gasteiger partial charge is 0.253 e. The lowest BCUT2D eigenvalue weighted by Crippen LogP contribution is -2.47. The molecule has 0 bridgehead atoms. The first-order chi connectivity index (χ1) is 9.08. The van der Waals surface area contributed by atoms with Crippen LogP contribution in [0.5, 0.6) is 0 Å². The highest BCUT2D eigenvalue weighted by Crippen LogP contribution is 2.42. The molecule has 0 aromatic heterocycles. The van der Waals surface area contributed by atoms with Crippen LogP contribution in [0.4, 0.5) is 0 Å². The van der Waals surface area contributed by atoms with Gasteiger partial charge in [0.05, 0.1) is 0 Å². The largest absolute Gasteiger partial charge is 0.336 e. The van der Waals surface area contributed by atoms with Crippen molar-refractivity contribution in [3.63, 3.8) is 0 Å². The molecule has 1 saturated carbocycles. The van der Waals surface area contributed by atoms with Crippen LogP contribution in [0.25, 0.3) is 0 Å². The maximum atomic E-state index is 12.4. The molecule has 0 atom stereocenters. The van der Waals surface area contributed by atoms with Crippen LogP contribution in [0.1, 0.15) is 28.8 Å². The molecule has 4 nitrogen and oxygen atoms in total. The lowest BCUT2D eigenvalue weighted by Gasteiger charge is -2.32. The van der Waals surface area contributed by atoms with E-state index in [0.717, 1.165) is 50.1 Å². The fourth-order valence-electron chi connectivity index (χ4n) is 2.56. The van der Waals surface area contributed by atoms with Gasteiger partial charge in [0.25, 0.3) is 5.91 Å². The van der Waals surface area contributed by atoms with E-state index in [1.807, 2.05) is 29.2 Å². The van der Waals surface area contributed by atoms with Crippen molar-refractivity contribution in [2.24, 2.45) is 5.73 Å². The fourth-order valence-corrected chi connectivity index (χ4v) is 2.56. The summed E-state index contributed by atoms with van der Waals surface area (Å²) >= 11 is 0. The van der Waals surface area contributed by atoms with Crippen molar-refractivity contribution in [1.82, 2.24) is 9.80 Å². The molecule has 1 amide bonds. The zero-order valence-corrected chi connectivity index (χ0v) is 11.4. The lowest BCUT2D eigenvalue weighted by molar-refractivity contribution is 0.0664. The Morgan fingerprint density at radius 2 is 1.68 bits per heavy atom. The number of carbonyl (C=O) groups excluding carboxylic acids is 1. The molecule has 1 aromatic carbocycles. The number of carbonyl (C=O) groups is 1. The molecular weight excluding hydrogens is 238 g/mol. The number of hydrogen-bond acceptors (Lipinski definition) is 3. The zero-order chi connectivity index (χ0) is 13.5. The molecule has 2 aliphatic rings. The molecule has 1 heterocycles. The Kier molecular flexibility index (Phi) is 3.07. The van der Waals surface area contributed by atoms with Crippen LogP contribution in [0.3, 0.4) is 0 Å². The average Bonchev–Trinajstić information content (AvgIpc) is 3.18. The van der Waals surface area contributed by atoms with Crippen molar-refractivity contribution < 1.29 is 4.79 Å². The Bertz CT molecular complexity index is 471. The molecule has 19 heavy (non-hydrogen) atoms. The van der Waals surface area contributed by atoms with Crippen molar-refractivity contribution in [2.45, 2.75) is 18.4 Å². The van der Waals surface area contributed by atoms with E-state index in [1.165, 1.54) is 0 Å². The molecule has 1 aliphatic heterocycles. The molecule has 0 radical (unpaired) electrons. The Labute approximate surface area is 114 Å². The Morgan fingerprint density at radius 3 is 2.21 bits per heavy atom. The summed E-state index contributed by atoms with van der Waals surface area (Å²) < 4.78 is 0. The van der Waals surface area contributed by atoms with Gasteiger partial charge in [-0.25, -0.2) is 0 Å². The third-order valence-corrected chi connectivity index (χ3v) is 4.29. The van der Waals surface area contributed by atoms with Gasteiger partial charge in [-0.1, -0.05) is 12.1 Å². The standard InChI is InChI=1S/C15H21N3O/c1-17-8-10-18(11-9-17)14(19)12-2-4-13(5-3-12)15(16)6-7-15/h2-5H,6-11,16H2,1H3. The van der Waals surface area contributed by atoms with Crippen LogP contribution in [0.2, 0.25) is 0 Å². The fraction of sp³-hybridized carbons (Fsp3) is 0.533. The molecule has 102 valence electrons. The predicted molar refractivity (Wildman–Crippen MR) is 74.9 cm³/mol. The Morgan fingerprint density at radius 1 is 1.11 bits per heavy atom. The van der Waals surface area contributed by atoms with Crippen LogP contribution in [0.15, 0.2) is 24.3 Å². The van der Waals surface area contributed by atoms with E-state index in [1.54, 1.807) is 0 Å². The minimum atomic E-state index is -0.116. The molecule has 0 spiro atoms. The third-order valence-electron chi connectivity index (χ3n) is 4.29. The van der Waals surface area contributed by atoms with Gasteiger partial charge in [0.2, 0.25) is 0 Å². The first-order valence-corrected chi connectivity index (χ1v) is 6.96. The Hall–Kier alpha value is -1.39. The highest BCUT2D eigenvalue weighted by Gasteiger charge is 2.39. The number of amides is 1. The van der Waals surface area contributed by atoms with Crippen molar-refractivity contribution >= 4 is 5.91 Å². The second-order valence-corrected chi connectivity index (χ2v) is 5.83. The number of likely N-dealkylation sites (N-methyl/N-ethyl adjacent to an activating group) is 1. The number of rotatable bonds is 2. The summed E-state index contributed by atoms with van der Waals surface area (Å²) in [4.78, 5) is 16.5. The molecule has 1 saturated heterocycles. The first-order valence-electron chi connectivity index (χ1n) is 6.96. The summed E-state index contributed by atoms with van der Waals surface area (Å²) in [6.07, 6.45) is 2.11. The number of nitrogens with two attached hydrogens (primary N) is 1. The minimum Gasteiger partial charge on any atom is -0.336 e. The van der Waals surface area contributed by atoms with Crippen LogP contribution < -0.4 is 5.73 Å². The van der Waals surface area contributed by atoms with Gasteiger partial charge in [0.15, 0.2) is 0 Å². The topological polar surface area (TPSA) is 49.6 Å². The second-order valence-electron chi connectivity index (χ2n) is 5.83. The van der Waals surface area contributed by atoms with E-state index in [2.05, 4.69) is 11.9 Å². The summed E-state index contributed by atoms with van der Waals surface area (Å²) in [6.45, 7) is 3.54. The molecule has 4 heteroatoms. The van der Waals surface area contributed by atoms with Crippen molar-refractivity contribution in [3.05, 3.63) is 35.4 Å². The lowest BCUT2D eigenvalue weighted by atomic mass is 10.0. The second kappa shape index (κ2) is 4.62. The molecule has 1 aliphatic carbocycles. The van der Waals surface area contributed by atoms with E-state index in [-0.39, 0.29) is 11.4 Å². The molecule has 1 aromatic rings. The van der Waals surface area contributed by atoms with E-state index in [4.69, 9.17) is 5.73 Å².